The molecule has 0 spiro atoms. The van der Waals surface area contributed by atoms with Gasteiger partial charge in [-0.05, 0) is 18.1 Å². The third kappa shape index (κ3) is 5.81. The van der Waals surface area contributed by atoms with Gasteiger partial charge in [0.2, 0.25) is 0 Å². The molecule has 0 radical (unpaired) electrons. The fourth-order valence-electron chi connectivity index (χ4n) is 2.75. The molecule has 0 aliphatic rings. The number of hydrogen-bond acceptors (Lipinski definition) is 4. The summed E-state index contributed by atoms with van der Waals surface area (Å²) in [5, 5.41) is 7.23. The van der Waals surface area contributed by atoms with Gasteiger partial charge < -0.3 is 10.1 Å². The maximum atomic E-state index is 12.7. The zero-order valence-electron chi connectivity index (χ0n) is 15.5. The molecular formula is C20H27N3O3. The summed E-state index contributed by atoms with van der Waals surface area (Å²) < 4.78 is 6.24. The van der Waals surface area contributed by atoms with Crippen LogP contribution >= 0.6 is 0 Å². The molecule has 6 nitrogen and oxygen atoms in total. The first kappa shape index (κ1) is 19.8. The minimum Gasteiger partial charge on any atom is -0.383 e. The quantitative estimate of drug-likeness (QED) is 0.664. The monoisotopic (exact) mass is 357 g/mol. The van der Waals surface area contributed by atoms with Crippen LogP contribution in [0.3, 0.4) is 0 Å². The summed E-state index contributed by atoms with van der Waals surface area (Å²) in [6.07, 6.45) is 4.16. The van der Waals surface area contributed by atoms with Crippen LogP contribution in [-0.2, 0) is 11.3 Å². The molecule has 0 bridgehead atoms. The number of unbranched alkanes of at least 4 members (excludes halogenated alkanes) is 2. The van der Waals surface area contributed by atoms with E-state index in [0.29, 0.717) is 13.2 Å². The molecule has 140 valence electrons. The van der Waals surface area contributed by atoms with Crippen LogP contribution in [0.2, 0.25) is 0 Å². The van der Waals surface area contributed by atoms with E-state index in [1.54, 1.807) is 7.11 Å². The Balaban J connectivity index is 2.14. The molecule has 1 unspecified atom stereocenters. The Kier molecular flexibility index (Phi) is 8.02. The molecule has 1 amide bonds. The Morgan fingerprint density at radius 3 is 2.65 bits per heavy atom. The summed E-state index contributed by atoms with van der Waals surface area (Å²) in [7, 11) is 1.56. The van der Waals surface area contributed by atoms with Crippen molar-refractivity contribution in [2.45, 2.75) is 45.2 Å². The largest absolute Gasteiger partial charge is 0.383 e. The number of aromatic nitrogens is 2. The van der Waals surface area contributed by atoms with Crippen molar-refractivity contribution in [2.24, 2.45) is 0 Å². The van der Waals surface area contributed by atoms with Gasteiger partial charge in [0.1, 0.15) is 5.69 Å². The van der Waals surface area contributed by atoms with Crippen LogP contribution in [0.25, 0.3) is 0 Å². The lowest BCUT2D eigenvalue weighted by Gasteiger charge is -2.19. The first-order valence-electron chi connectivity index (χ1n) is 9.08. The van der Waals surface area contributed by atoms with Gasteiger partial charge in [-0.25, -0.2) is 4.68 Å². The van der Waals surface area contributed by atoms with Gasteiger partial charge >= 0.3 is 0 Å². The number of amides is 1. The molecule has 1 N–H and O–H groups in total. The molecular weight excluding hydrogens is 330 g/mol. The molecule has 26 heavy (non-hydrogen) atoms. The smallest absolute Gasteiger partial charge is 0.272 e. The van der Waals surface area contributed by atoms with Gasteiger partial charge in [-0.3, -0.25) is 9.59 Å². The molecule has 0 aliphatic heterocycles. The van der Waals surface area contributed by atoms with Crippen molar-refractivity contribution in [3.05, 3.63) is 64.1 Å². The van der Waals surface area contributed by atoms with Crippen molar-refractivity contribution in [3.8, 4) is 0 Å². The van der Waals surface area contributed by atoms with E-state index < -0.39 is 0 Å². The summed E-state index contributed by atoms with van der Waals surface area (Å²) >= 11 is 0. The van der Waals surface area contributed by atoms with E-state index in [1.165, 1.54) is 16.8 Å². The van der Waals surface area contributed by atoms with E-state index in [9.17, 15) is 9.59 Å². The number of rotatable bonds is 10. The Bertz CT molecular complexity index is 743. The number of benzene rings is 1. The summed E-state index contributed by atoms with van der Waals surface area (Å²) in [5.41, 5.74) is 1.06. The van der Waals surface area contributed by atoms with Gasteiger partial charge in [-0.15, -0.1) is 0 Å². The first-order chi connectivity index (χ1) is 12.7. The van der Waals surface area contributed by atoms with Gasteiger partial charge in [-0.1, -0.05) is 56.5 Å². The van der Waals surface area contributed by atoms with Crippen molar-refractivity contribution in [2.75, 3.05) is 13.7 Å². The number of methoxy groups -OCH3 is 1. The standard InChI is InChI=1S/C20H27N3O3/c1-3-4-6-11-17(16-9-7-5-8-10-16)21-20(25)18-12-13-19(24)23(22-18)14-15-26-2/h5,7-10,12-13,17H,3-4,6,11,14-15H2,1-2H3,(H,21,25). The average Bonchev–Trinajstić information content (AvgIpc) is 2.67. The highest BCUT2D eigenvalue weighted by molar-refractivity contribution is 5.92. The fourth-order valence-corrected chi connectivity index (χ4v) is 2.75. The van der Waals surface area contributed by atoms with Crippen LogP contribution in [0.5, 0.6) is 0 Å². The van der Waals surface area contributed by atoms with Crippen molar-refractivity contribution in [1.82, 2.24) is 15.1 Å². The Labute approximate surface area is 154 Å². The third-order valence-corrected chi connectivity index (χ3v) is 4.21. The molecule has 0 fully saturated rings. The van der Waals surface area contributed by atoms with Crippen LogP contribution in [0, 0.1) is 0 Å². The normalized spacial score (nSPS) is 11.9. The zero-order valence-corrected chi connectivity index (χ0v) is 15.5. The van der Waals surface area contributed by atoms with Crippen LogP contribution in [0.15, 0.2) is 47.3 Å². The van der Waals surface area contributed by atoms with E-state index in [1.807, 2.05) is 30.3 Å². The summed E-state index contributed by atoms with van der Waals surface area (Å²) in [6.45, 7) is 2.83. The average molecular weight is 357 g/mol. The van der Waals surface area contributed by atoms with Crippen LogP contribution < -0.4 is 10.9 Å². The summed E-state index contributed by atoms with van der Waals surface area (Å²) in [5.74, 6) is -0.276. The molecule has 1 heterocycles. The third-order valence-electron chi connectivity index (χ3n) is 4.21. The minimum atomic E-state index is -0.276. The van der Waals surface area contributed by atoms with Gasteiger partial charge in [0.15, 0.2) is 0 Å². The van der Waals surface area contributed by atoms with Crippen molar-refractivity contribution < 1.29 is 9.53 Å². The molecule has 0 aliphatic carbocycles. The second-order valence-corrected chi connectivity index (χ2v) is 6.21. The molecule has 6 heteroatoms. The molecule has 1 aromatic carbocycles. The van der Waals surface area contributed by atoms with E-state index in [-0.39, 0.29) is 23.2 Å². The van der Waals surface area contributed by atoms with Gasteiger partial charge in [0.25, 0.3) is 11.5 Å². The van der Waals surface area contributed by atoms with E-state index in [0.717, 1.165) is 31.2 Å². The lowest BCUT2D eigenvalue weighted by atomic mass is 10.0. The highest BCUT2D eigenvalue weighted by atomic mass is 16.5. The number of ether oxygens (including phenoxy) is 1. The second-order valence-electron chi connectivity index (χ2n) is 6.21. The SMILES string of the molecule is CCCCCC(NC(=O)c1ccc(=O)n(CCOC)n1)c1ccccc1. The Morgan fingerprint density at radius 2 is 1.96 bits per heavy atom. The molecule has 1 aromatic heterocycles. The zero-order chi connectivity index (χ0) is 18.8. The molecule has 0 saturated carbocycles. The molecule has 1 atom stereocenters. The molecule has 2 aromatic rings. The predicted octanol–water partition coefficient (Wildman–Crippen LogP) is 2.94. The molecule has 2 rings (SSSR count). The van der Waals surface area contributed by atoms with E-state index in [2.05, 4.69) is 17.3 Å². The Hall–Kier alpha value is -2.47. The van der Waals surface area contributed by atoms with E-state index >= 15 is 0 Å². The van der Waals surface area contributed by atoms with Gasteiger partial charge in [0.05, 0.1) is 19.2 Å². The van der Waals surface area contributed by atoms with Crippen molar-refractivity contribution >= 4 is 5.91 Å². The van der Waals surface area contributed by atoms with Gasteiger partial charge in [-0.2, -0.15) is 5.10 Å². The lowest BCUT2D eigenvalue weighted by Crippen LogP contribution is -2.32. The highest BCUT2D eigenvalue weighted by Crippen LogP contribution is 2.20. The number of nitrogens with one attached hydrogen (secondary N) is 1. The highest BCUT2D eigenvalue weighted by Gasteiger charge is 2.17. The van der Waals surface area contributed by atoms with Gasteiger partial charge in [0, 0.05) is 13.2 Å². The lowest BCUT2D eigenvalue weighted by molar-refractivity contribution is 0.0925. The molecule has 0 saturated heterocycles. The summed E-state index contributed by atoms with van der Waals surface area (Å²) in [4.78, 5) is 24.5. The van der Waals surface area contributed by atoms with Crippen LogP contribution in [0.1, 0.15) is 54.7 Å². The Morgan fingerprint density at radius 1 is 1.19 bits per heavy atom. The fraction of sp³-hybridized carbons (Fsp3) is 0.450. The number of carbonyl (C=O) groups is 1. The second kappa shape index (κ2) is 10.5. The predicted molar refractivity (Wildman–Crippen MR) is 101 cm³/mol. The minimum absolute atomic E-state index is 0.0728. The van der Waals surface area contributed by atoms with Crippen molar-refractivity contribution in [1.29, 1.82) is 0 Å². The van der Waals surface area contributed by atoms with Crippen LogP contribution in [-0.4, -0.2) is 29.4 Å². The summed E-state index contributed by atoms with van der Waals surface area (Å²) in [6, 6.07) is 12.7. The van der Waals surface area contributed by atoms with Crippen molar-refractivity contribution in [3.63, 3.8) is 0 Å². The first-order valence-corrected chi connectivity index (χ1v) is 9.08. The number of hydrogen-bond donors (Lipinski definition) is 1. The van der Waals surface area contributed by atoms with Crippen LogP contribution in [0.4, 0.5) is 0 Å². The van der Waals surface area contributed by atoms with E-state index in [4.69, 9.17) is 4.74 Å². The number of nitrogens with zero attached hydrogens (tertiary/aromatic N) is 2. The maximum absolute atomic E-state index is 12.7. The maximum Gasteiger partial charge on any atom is 0.272 e. The number of carbonyl (C=O) groups excluding carboxylic acids is 1. The topological polar surface area (TPSA) is 73.2 Å².